The second kappa shape index (κ2) is 5.90. The minimum atomic E-state index is -0.814. The van der Waals surface area contributed by atoms with Crippen LogP contribution in [0.25, 0.3) is 11.0 Å². The van der Waals surface area contributed by atoms with Gasteiger partial charge in [0, 0.05) is 13.5 Å². The van der Waals surface area contributed by atoms with Crippen molar-refractivity contribution in [1.29, 1.82) is 0 Å². The van der Waals surface area contributed by atoms with Crippen molar-refractivity contribution in [3.05, 3.63) is 34.0 Å². The Morgan fingerprint density at radius 1 is 1.52 bits per heavy atom. The summed E-state index contributed by atoms with van der Waals surface area (Å²) in [7, 11) is 1.49. The van der Waals surface area contributed by atoms with E-state index in [1.807, 2.05) is 0 Å². The summed E-state index contributed by atoms with van der Waals surface area (Å²) in [4.78, 5) is 36.9. The van der Waals surface area contributed by atoms with E-state index in [4.69, 9.17) is 0 Å². The summed E-state index contributed by atoms with van der Waals surface area (Å²) in [5.74, 6) is -0.740. The van der Waals surface area contributed by atoms with Crippen molar-refractivity contribution in [2.24, 2.45) is 0 Å². The molecule has 0 saturated carbocycles. The molecule has 0 spiro atoms. The molecule has 112 valence electrons. The Bertz CT molecular complexity index is 748. The number of aryl methyl sites for hydroxylation is 1. The van der Waals surface area contributed by atoms with E-state index in [1.165, 1.54) is 11.6 Å². The standard InChI is InChI=1S/C14H16FN3O3/c1-8-3-5-10-13(12(8)15)17-14(21)18(10)9(7-19)4-6-11(20)16-2/h3,5,7,9H,4,6H2,1-2H3,(H,16,20)(H,17,21). The Labute approximate surface area is 120 Å². The van der Waals surface area contributed by atoms with E-state index in [-0.39, 0.29) is 24.3 Å². The number of rotatable bonds is 5. The predicted molar refractivity (Wildman–Crippen MR) is 75.7 cm³/mol. The molecule has 1 aromatic carbocycles. The van der Waals surface area contributed by atoms with Crippen molar-refractivity contribution in [3.63, 3.8) is 0 Å². The summed E-state index contributed by atoms with van der Waals surface area (Å²) < 4.78 is 15.2. The Kier molecular flexibility index (Phi) is 4.21. The maximum atomic E-state index is 14.0. The summed E-state index contributed by atoms with van der Waals surface area (Å²) in [5.41, 5.74) is 0.233. The third kappa shape index (κ3) is 2.72. The number of carbonyl (C=O) groups excluding carboxylic acids is 2. The van der Waals surface area contributed by atoms with Gasteiger partial charge in [-0.15, -0.1) is 0 Å². The highest BCUT2D eigenvalue weighted by atomic mass is 19.1. The number of nitrogens with zero attached hydrogens (tertiary/aromatic N) is 1. The molecule has 1 unspecified atom stereocenters. The maximum Gasteiger partial charge on any atom is 0.327 e. The van der Waals surface area contributed by atoms with E-state index in [0.717, 1.165) is 0 Å². The predicted octanol–water partition coefficient (Wildman–Crippen LogP) is 1.04. The Morgan fingerprint density at radius 3 is 2.86 bits per heavy atom. The van der Waals surface area contributed by atoms with Crippen molar-refractivity contribution in [2.75, 3.05) is 7.05 Å². The van der Waals surface area contributed by atoms with Crippen molar-refractivity contribution >= 4 is 23.2 Å². The number of benzene rings is 1. The van der Waals surface area contributed by atoms with Gasteiger partial charge in [-0.05, 0) is 25.0 Å². The van der Waals surface area contributed by atoms with Gasteiger partial charge in [0.15, 0.2) is 5.82 Å². The first-order valence-electron chi connectivity index (χ1n) is 6.54. The number of fused-ring (bicyclic) bond motifs is 1. The molecule has 2 N–H and O–H groups in total. The molecular formula is C14H16FN3O3. The van der Waals surface area contributed by atoms with Crippen LogP contribution in [-0.4, -0.2) is 28.8 Å². The second-order valence-corrected chi connectivity index (χ2v) is 4.81. The molecule has 0 aliphatic heterocycles. The molecule has 6 nitrogen and oxygen atoms in total. The van der Waals surface area contributed by atoms with Gasteiger partial charge < -0.3 is 15.1 Å². The largest absolute Gasteiger partial charge is 0.359 e. The lowest BCUT2D eigenvalue weighted by atomic mass is 10.1. The number of imidazole rings is 1. The highest BCUT2D eigenvalue weighted by Gasteiger charge is 2.19. The molecule has 1 amide bonds. The molecule has 0 saturated heterocycles. The van der Waals surface area contributed by atoms with Crippen LogP contribution in [0.4, 0.5) is 4.39 Å². The molecule has 0 fully saturated rings. The van der Waals surface area contributed by atoms with E-state index in [0.29, 0.717) is 17.4 Å². The van der Waals surface area contributed by atoms with E-state index in [9.17, 15) is 18.8 Å². The number of aromatic amines is 1. The minimum absolute atomic E-state index is 0.0757. The van der Waals surface area contributed by atoms with Gasteiger partial charge in [-0.1, -0.05) is 6.07 Å². The molecule has 1 heterocycles. The Morgan fingerprint density at radius 2 is 2.24 bits per heavy atom. The van der Waals surface area contributed by atoms with Gasteiger partial charge in [-0.3, -0.25) is 9.36 Å². The molecule has 0 radical (unpaired) electrons. The zero-order valence-corrected chi connectivity index (χ0v) is 11.8. The van der Waals surface area contributed by atoms with Crippen LogP contribution in [-0.2, 0) is 9.59 Å². The van der Waals surface area contributed by atoms with Crippen LogP contribution >= 0.6 is 0 Å². The Balaban J connectivity index is 2.47. The molecule has 2 aromatic rings. The fourth-order valence-corrected chi connectivity index (χ4v) is 2.26. The van der Waals surface area contributed by atoms with E-state index in [1.54, 1.807) is 19.1 Å². The van der Waals surface area contributed by atoms with Crippen LogP contribution in [0.1, 0.15) is 24.4 Å². The van der Waals surface area contributed by atoms with Crippen molar-refractivity contribution in [3.8, 4) is 0 Å². The normalized spacial score (nSPS) is 12.3. The van der Waals surface area contributed by atoms with Gasteiger partial charge in [0.05, 0.1) is 11.6 Å². The smallest absolute Gasteiger partial charge is 0.327 e. The number of nitrogens with one attached hydrogen (secondary N) is 2. The summed E-state index contributed by atoms with van der Waals surface area (Å²) in [6.45, 7) is 1.59. The fraction of sp³-hybridized carbons (Fsp3) is 0.357. The molecule has 0 bridgehead atoms. The first-order valence-corrected chi connectivity index (χ1v) is 6.54. The number of aromatic nitrogens is 2. The van der Waals surface area contributed by atoms with Gasteiger partial charge in [-0.25, -0.2) is 9.18 Å². The first-order chi connectivity index (χ1) is 9.99. The van der Waals surface area contributed by atoms with Crippen LogP contribution in [0.5, 0.6) is 0 Å². The number of halogens is 1. The maximum absolute atomic E-state index is 14.0. The number of aldehydes is 1. The van der Waals surface area contributed by atoms with Crippen LogP contribution in [0, 0.1) is 12.7 Å². The second-order valence-electron chi connectivity index (χ2n) is 4.81. The molecule has 1 atom stereocenters. The third-order valence-electron chi connectivity index (χ3n) is 3.46. The first kappa shape index (κ1) is 15.0. The highest BCUT2D eigenvalue weighted by molar-refractivity contribution is 5.79. The lowest BCUT2D eigenvalue weighted by Gasteiger charge is -2.12. The minimum Gasteiger partial charge on any atom is -0.359 e. The number of hydrogen-bond acceptors (Lipinski definition) is 3. The van der Waals surface area contributed by atoms with E-state index < -0.39 is 17.5 Å². The van der Waals surface area contributed by atoms with Crippen LogP contribution in [0.3, 0.4) is 0 Å². The van der Waals surface area contributed by atoms with Gasteiger partial charge in [0.1, 0.15) is 11.8 Å². The average molecular weight is 293 g/mol. The monoisotopic (exact) mass is 293 g/mol. The van der Waals surface area contributed by atoms with Crippen LogP contribution in [0.2, 0.25) is 0 Å². The molecule has 7 heteroatoms. The van der Waals surface area contributed by atoms with Crippen LogP contribution < -0.4 is 11.0 Å². The zero-order valence-electron chi connectivity index (χ0n) is 11.8. The SMILES string of the molecule is CNC(=O)CCC(C=O)n1c(=O)[nH]c2c(F)c(C)ccc21. The molecule has 0 aliphatic rings. The lowest BCUT2D eigenvalue weighted by Crippen LogP contribution is -2.25. The average Bonchev–Trinajstić information content (AvgIpc) is 2.81. The van der Waals surface area contributed by atoms with Gasteiger partial charge in [0.25, 0.3) is 0 Å². The highest BCUT2D eigenvalue weighted by Crippen LogP contribution is 2.21. The number of carbonyl (C=O) groups is 2. The van der Waals surface area contributed by atoms with Gasteiger partial charge >= 0.3 is 5.69 Å². The zero-order chi connectivity index (χ0) is 15.6. The summed E-state index contributed by atoms with van der Waals surface area (Å²) in [6.07, 6.45) is 0.869. The topological polar surface area (TPSA) is 84.0 Å². The Hall–Kier alpha value is -2.44. The number of hydrogen-bond donors (Lipinski definition) is 2. The summed E-state index contributed by atoms with van der Waals surface area (Å²) in [5, 5.41) is 2.45. The molecule has 1 aromatic heterocycles. The van der Waals surface area contributed by atoms with Crippen molar-refractivity contribution < 1.29 is 14.0 Å². The van der Waals surface area contributed by atoms with Crippen molar-refractivity contribution in [2.45, 2.75) is 25.8 Å². The quantitative estimate of drug-likeness (QED) is 0.808. The summed E-state index contributed by atoms with van der Waals surface area (Å²) in [6, 6.07) is 2.31. The van der Waals surface area contributed by atoms with E-state index >= 15 is 0 Å². The van der Waals surface area contributed by atoms with Gasteiger partial charge in [0.2, 0.25) is 5.91 Å². The van der Waals surface area contributed by atoms with Crippen molar-refractivity contribution in [1.82, 2.24) is 14.9 Å². The molecule has 0 aliphatic carbocycles. The van der Waals surface area contributed by atoms with Crippen LogP contribution in [0.15, 0.2) is 16.9 Å². The molecule has 2 rings (SSSR count). The lowest BCUT2D eigenvalue weighted by molar-refractivity contribution is -0.121. The number of H-pyrrole nitrogens is 1. The third-order valence-corrected chi connectivity index (χ3v) is 3.46. The fourth-order valence-electron chi connectivity index (χ4n) is 2.26. The molecule has 21 heavy (non-hydrogen) atoms. The van der Waals surface area contributed by atoms with E-state index in [2.05, 4.69) is 10.3 Å². The number of amides is 1. The molecular weight excluding hydrogens is 277 g/mol. The van der Waals surface area contributed by atoms with Gasteiger partial charge in [-0.2, -0.15) is 0 Å². The summed E-state index contributed by atoms with van der Waals surface area (Å²) >= 11 is 0.